The van der Waals surface area contributed by atoms with Crippen LogP contribution in [0.2, 0.25) is 5.15 Å². The highest BCUT2D eigenvalue weighted by Crippen LogP contribution is 2.32. The number of benzene rings is 1. The van der Waals surface area contributed by atoms with Crippen molar-refractivity contribution in [2.75, 3.05) is 5.32 Å². The number of halogens is 2. The molecule has 5 rings (SSSR count). The van der Waals surface area contributed by atoms with Crippen molar-refractivity contribution in [3.05, 3.63) is 93.6 Å². The summed E-state index contributed by atoms with van der Waals surface area (Å²) in [6.07, 6.45) is 2.96. The normalized spacial score (nSPS) is 12.2. The molecular formula is C22H15ClFN7O. The third kappa shape index (κ3) is 3.09. The Morgan fingerprint density at radius 1 is 1.25 bits per heavy atom. The van der Waals surface area contributed by atoms with Crippen LogP contribution >= 0.6 is 11.6 Å². The second-order valence-corrected chi connectivity index (χ2v) is 7.57. The fourth-order valence-corrected chi connectivity index (χ4v) is 4.02. The lowest BCUT2D eigenvalue weighted by atomic mass is 10.1. The number of hydrogen-bond donors (Lipinski definition) is 2. The molecule has 1 aromatic carbocycles. The highest BCUT2D eigenvalue weighted by molar-refractivity contribution is 6.30. The van der Waals surface area contributed by atoms with E-state index >= 15 is 0 Å². The molecule has 0 spiro atoms. The van der Waals surface area contributed by atoms with E-state index in [2.05, 4.69) is 25.1 Å². The molecule has 0 radical (unpaired) electrons. The lowest BCUT2D eigenvalue weighted by molar-refractivity contribution is 0.624. The van der Waals surface area contributed by atoms with Gasteiger partial charge in [-0.1, -0.05) is 17.7 Å². The Morgan fingerprint density at radius 3 is 2.88 bits per heavy atom. The largest absolute Gasteiger partial charge is 0.362 e. The lowest BCUT2D eigenvalue weighted by Gasteiger charge is -2.21. The molecule has 0 amide bonds. The maximum absolute atomic E-state index is 14.0. The molecule has 0 bridgehead atoms. The monoisotopic (exact) mass is 447 g/mol. The summed E-state index contributed by atoms with van der Waals surface area (Å²) in [6.45, 7) is 9.25. The van der Waals surface area contributed by atoms with Crippen molar-refractivity contribution < 1.29 is 4.39 Å². The first kappa shape index (κ1) is 19.8. The van der Waals surface area contributed by atoms with Gasteiger partial charge in [0.15, 0.2) is 0 Å². The zero-order valence-electron chi connectivity index (χ0n) is 16.7. The van der Waals surface area contributed by atoms with Crippen molar-refractivity contribution in [2.24, 2.45) is 0 Å². The number of rotatable bonds is 4. The molecule has 0 aliphatic carbocycles. The number of nitrogens with one attached hydrogen (secondary N) is 2. The van der Waals surface area contributed by atoms with Crippen LogP contribution in [0.4, 0.5) is 15.9 Å². The van der Waals surface area contributed by atoms with Crippen LogP contribution in [-0.4, -0.2) is 23.9 Å². The van der Waals surface area contributed by atoms with E-state index in [1.807, 2.05) is 6.92 Å². The minimum Gasteiger partial charge on any atom is -0.362 e. The standard InChI is InChI=1S/C22H15ClFN7O/c1-12(29-21-19-16(25-2)10-26-20(19)27-11-28-21)17-9-15-6-7-18(23)31(15)22(32)30(17)14-5-3-4-13(24)8-14/h3-12H,1H3,(H2,26,27,28,29). The first-order chi connectivity index (χ1) is 15.5. The van der Waals surface area contributed by atoms with Gasteiger partial charge < -0.3 is 10.3 Å². The second-order valence-electron chi connectivity index (χ2n) is 7.18. The minimum atomic E-state index is -0.466. The number of aromatic nitrogens is 5. The Balaban J connectivity index is 1.70. The van der Waals surface area contributed by atoms with E-state index < -0.39 is 17.5 Å². The smallest absolute Gasteiger partial charge is 0.338 e. The third-order valence-corrected chi connectivity index (χ3v) is 5.53. The summed E-state index contributed by atoms with van der Waals surface area (Å²) in [6, 6.07) is 10.5. The molecule has 0 aliphatic heterocycles. The van der Waals surface area contributed by atoms with Gasteiger partial charge in [-0.15, -0.1) is 0 Å². The van der Waals surface area contributed by atoms with Crippen molar-refractivity contribution in [1.29, 1.82) is 0 Å². The van der Waals surface area contributed by atoms with Crippen molar-refractivity contribution >= 4 is 39.7 Å². The summed E-state index contributed by atoms with van der Waals surface area (Å²) >= 11 is 6.23. The van der Waals surface area contributed by atoms with Crippen molar-refractivity contribution in [3.63, 3.8) is 0 Å². The molecule has 0 aliphatic rings. The number of hydrogen-bond acceptors (Lipinski definition) is 4. The van der Waals surface area contributed by atoms with Crippen LogP contribution < -0.4 is 11.0 Å². The predicted octanol–water partition coefficient (Wildman–Crippen LogP) is 4.88. The van der Waals surface area contributed by atoms with E-state index in [1.54, 1.807) is 30.5 Å². The maximum Gasteiger partial charge on any atom is 0.338 e. The average molecular weight is 448 g/mol. The van der Waals surface area contributed by atoms with Gasteiger partial charge in [-0.25, -0.2) is 24.0 Å². The van der Waals surface area contributed by atoms with Crippen molar-refractivity contribution in [2.45, 2.75) is 13.0 Å². The number of anilines is 1. The molecular weight excluding hydrogens is 433 g/mol. The topological polar surface area (TPSA) is 84.4 Å². The van der Waals surface area contributed by atoms with Crippen LogP contribution in [0.25, 0.3) is 27.1 Å². The summed E-state index contributed by atoms with van der Waals surface area (Å²) < 4.78 is 16.8. The van der Waals surface area contributed by atoms with E-state index in [1.165, 1.54) is 33.5 Å². The highest BCUT2D eigenvalue weighted by Gasteiger charge is 2.20. The minimum absolute atomic E-state index is 0.258. The zero-order valence-corrected chi connectivity index (χ0v) is 17.4. The van der Waals surface area contributed by atoms with Gasteiger partial charge in [0.05, 0.1) is 34.9 Å². The molecule has 1 atom stereocenters. The van der Waals surface area contributed by atoms with Gasteiger partial charge in [-0.05, 0) is 43.3 Å². The Labute approximate surface area is 185 Å². The molecule has 4 aromatic heterocycles. The van der Waals surface area contributed by atoms with Gasteiger partial charge >= 0.3 is 5.69 Å². The lowest BCUT2D eigenvalue weighted by Crippen LogP contribution is -2.30. The summed E-state index contributed by atoms with van der Waals surface area (Å²) in [5.74, 6) is -0.0209. The Morgan fingerprint density at radius 2 is 2.09 bits per heavy atom. The third-order valence-electron chi connectivity index (χ3n) is 5.23. The van der Waals surface area contributed by atoms with Gasteiger partial charge in [0.1, 0.15) is 28.8 Å². The second kappa shape index (κ2) is 7.51. The van der Waals surface area contributed by atoms with Gasteiger partial charge in [0.25, 0.3) is 0 Å². The average Bonchev–Trinajstić information content (AvgIpc) is 3.37. The van der Waals surface area contributed by atoms with Crippen LogP contribution in [0.15, 0.2) is 59.8 Å². The molecule has 0 fully saturated rings. The van der Waals surface area contributed by atoms with Crippen LogP contribution in [0, 0.1) is 12.4 Å². The summed E-state index contributed by atoms with van der Waals surface area (Å²) in [4.78, 5) is 28.3. The molecule has 1 unspecified atom stereocenters. The van der Waals surface area contributed by atoms with Gasteiger partial charge in [-0.3, -0.25) is 8.97 Å². The van der Waals surface area contributed by atoms with Crippen LogP contribution in [-0.2, 0) is 0 Å². The molecule has 2 N–H and O–H groups in total. The molecule has 4 heterocycles. The van der Waals surface area contributed by atoms with Crippen molar-refractivity contribution in [1.82, 2.24) is 23.9 Å². The summed E-state index contributed by atoms with van der Waals surface area (Å²) in [7, 11) is 0. The first-order valence-corrected chi connectivity index (χ1v) is 10.0. The highest BCUT2D eigenvalue weighted by atomic mass is 35.5. The SMILES string of the molecule is [C-]#[N+]c1c[nH]c2ncnc(NC(C)c3cc4ccc(Cl)n4c(=O)n3-c3cccc(F)c3)c12. The van der Waals surface area contributed by atoms with Crippen molar-refractivity contribution in [3.8, 4) is 5.69 Å². The molecule has 32 heavy (non-hydrogen) atoms. The van der Waals surface area contributed by atoms with Gasteiger partial charge in [-0.2, -0.15) is 0 Å². The molecule has 0 saturated carbocycles. The number of nitrogens with zero attached hydrogens (tertiary/aromatic N) is 5. The summed E-state index contributed by atoms with van der Waals surface area (Å²) in [5.41, 5.74) is 2.01. The summed E-state index contributed by atoms with van der Waals surface area (Å²) in [5, 5.41) is 4.09. The fourth-order valence-electron chi connectivity index (χ4n) is 3.78. The van der Waals surface area contributed by atoms with E-state index in [0.717, 1.165) is 0 Å². The number of fused-ring (bicyclic) bond motifs is 2. The van der Waals surface area contributed by atoms with Crippen LogP contribution in [0.1, 0.15) is 18.7 Å². The van der Waals surface area contributed by atoms with E-state index in [9.17, 15) is 9.18 Å². The van der Waals surface area contributed by atoms with Crippen LogP contribution in [0.3, 0.4) is 0 Å². The quantitative estimate of drug-likeness (QED) is 0.385. The Bertz CT molecular complexity index is 1590. The molecule has 0 saturated heterocycles. The Kier molecular flexibility index (Phi) is 4.64. The fraction of sp³-hybridized carbons (Fsp3) is 0.0909. The van der Waals surface area contributed by atoms with Crippen LogP contribution in [0.5, 0.6) is 0 Å². The Hall–Kier alpha value is -4.16. The maximum atomic E-state index is 14.0. The van der Waals surface area contributed by atoms with E-state index in [-0.39, 0.29) is 5.15 Å². The van der Waals surface area contributed by atoms with Gasteiger partial charge in [0.2, 0.25) is 5.69 Å². The molecule has 5 aromatic rings. The van der Waals surface area contributed by atoms with E-state index in [4.69, 9.17) is 18.2 Å². The molecule has 158 valence electrons. The molecule has 8 nitrogen and oxygen atoms in total. The molecule has 10 heteroatoms. The predicted molar refractivity (Wildman–Crippen MR) is 120 cm³/mol. The zero-order chi connectivity index (χ0) is 22.4. The first-order valence-electron chi connectivity index (χ1n) is 9.63. The van der Waals surface area contributed by atoms with E-state index in [0.29, 0.717) is 39.4 Å². The van der Waals surface area contributed by atoms with Gasteiger partial charge in [0, 0.05) is 6.20 Å². The number of H-pyrrole nitrogens is 1. The number of aromatic amines is 1.